The Morgan fingerprint density at radius 1 is 1.47 bits per heavy atom. The molecule has 0 saturated heterocycles. The van der Waals surface area contributed by atoms with Crippen LogP contribution in [0.5, 0.6) is 0 Å². The van der Waals surface area contributed by atoms with Crippen LogP contribution < -0.4 is 0 Å². The van der Waals surface area contributed by atoms with Crippen LogP contribution in [0.4, 0.5) is 0 Å². The minimum absolute atomic E-state index is 0.0847. The van der Waals surface area contributed by atoms with Gasteiger partial charge in [0.2, 0.25) is 0 Å². The molecule has 1 amide bonds. The van der Waals surface area contributed by atoms with E-state index in [1.165, 1.54) is 0 Å². The molecule has 0 aliphatic carbocycles. The monoisotopic (exact) mass is 297 g/mol. The summed E-state index contributed by atoms with van der Waals surface area (Å²) in [5.74, 6) is 0.0847. The summed E-state index contributed by atoms with van der Waals surface area (Å²) in [5, 5.41) is 0. The van der Waals surface area contributed by atoms with Crippen molar-refractivity contribution in [1.82, 2.24) is 4.90 Å². The highest BCUT2D eigenvalue weighted by atomic mass is 79.9. The molecule has 0 spiro atoms. The number of carbonyl (C=O) groups excluding carboxylic acids is 1. The molecule has 0 aromatic heterocycles. The van der Waals surface area contributed by atoms with Crippen molar-refractivity contribution >= 4 is 21.8 Å². The van der Waals surface area contributed by atoms with E-state index in [4.69, 9.17) is 0 Å². The fourth-order valence-electron chi connectivity index (χ4n) is 1.81. The highest BCUT2D eigenvalue weighted by Crippen LogP contribution is 2.23. The number of nitrogens with zero attached hydrogens (tertiary/aromatic N) is 1. The van der Waals surface area contributed by atoms with Gasteiger partial charge in [-0.2, -0.15) is 0 Å². The normalized spacial score (nSPS) is 12.3. The Labute approximate surface area is 112 Å². The van der Waals surface area contributed by atoms with Gasteiger partial charge in [0.05, 0.1) is 5.56 Å². The van der Waals surface area contributed by atoms with Crippen molar-refractivity contribution in [2.75, 3.05) is 7.05 Å². The second kappa shape index (κ2) is 6.20. The van der Waals surface area contributed by atoms with E-state index in [0.29, 0.717) is 0 Å². The maximum atomic E-state index is 12.3. The Morgan fingerprint density at radius 3 is 2.71 bits per heavy atom. The lowest BCUT2D eigenvalue weighted by molar-refractivity contribution is 0.0735. The quantitative estimate of drug-likeness (QED) is 0.822. The molecule has 1 unspecified atom stereocenters. The predicted molar refractivity (Wildman–Crippen MR) is 75.3 cm³/mol. The van der Waals surface area contributed by atoms with Gasteiger partial charge in [0, 0.05) is 17.6 Å². The molecule has 3 heteroatoms. The van der Waals surface area contributed by atoms with E-state index < -0.39 is 0 Å². The molecule has 1 rings (SSSR count). The molecular weight excluding hydrogens is 278 g/mol. The number of aryl methyl sites for hydroxylation is 1. The number of hydrogen-bond acceptors (Lipinski definition) is 1. The van der Waals surface area contributed by atoms with E-state index in [0.717, 1.165) is 28.4 Å². The second-order valence-electron chi connectivity index (χ2n) is 4.49. The van der Waals surface area contributed by atoms with E-state index in [1.54, 1.807) is 0 Å². The van der Waals surface area contributed by atoms with Crippen molar-refractivity contribution in [3.05, 3.63) is 33.8 Å². The molecule has 0 aliphatic heterocycles. The smallest absolute Gasteiger partial charge is 0.254 e. The van der Waals surface area contributed by atoms with Gasteiger partial charge in [-0.05, 0) is 47.8 Å². The van der Waals surface area contributed by atoms with Crippen LogP contribution in [0.25, 0.3) is 0 Å². The molecule has 17 heavy (non-hydrogen) atoms. The van der Waals surface area contributed by atoms with Gasteiger partial charge in [-0.15, -0.1) is 0 Å². The van der Waals surface area contributed by atoms with Gasteiger partial charge >= 0.3 is 0 Å². The zero-order valence-corrected chi connectivity index (χ0v) is 12.5. The number of halogens is 1. The summed E-state index contributed by atoms with van der Waals surface area (Å²) in [6, 6.07) is 6.07. The fourth-order valence-corrected chi connectivity index (χ4v) is 2.25. The molecule has 0 fully saturated rings. The van der Waals surface area contributed by atoms with E-state index in [9.17, 15) is 4.79 Å². The molecule has 1 atom stereocenters. The lowest BCUT2D eigenvalue weighted by atomic mass is 10.1. The van der Waals surface area contributed by atoms with Crippen LogP contribution in [0.15, 0.2) is 22.7 Å². The molecule has 0 bridgehead atoms. The number of rotatable bonds is 4. The molecule has 0 saturated carbocycles. The first-order valence-electron chi connectivity index (χ1n) is 6.01. The highest BCUT2D eigenvalue weighted by Gasteiger charge is 2.19. The van der Waals surface area contributed by atoms with Gasteiger partial charge < -0.3 is 4.90 Å². The van der Waals surface area contributed by atoms with Crippen LogP contribution in [0.2, 0.25) is 0 Å². The summed E-state index contributed by atoms with van der Waals surface area (Å²) in [4.78, 5) is 14.2. The van der Waals surface area contributed by atoms with Crippen molar-refractivity contribution in [3.63, 3.8) is 0 Å². The van der Waals surface area contributed by atoms with Gasteiger partial charge in [-0.3, -0.25) is 4.79 Å². The van der Waals surface area contributed by atoms with Crippen LogP contribution in [0.1, 0.15) is 42.6 Å². The van der Waals surface area contributed by atoms with Crippen LogP contribution in [-0.2, 0) is 0 Å². The third-order valence-corrected chi connectivity index (χ3v) is 4.16. The summed E-state index contributed by atoms with van der Waals surface area (Å²) in [7, 11) is 1.87. The molecule has 0 heterocycles. The minimum Gasteiger partial charge on any atom is -0.339 e. The van der Waals surface area contributed by atoms with Crippen molar-refractivity contribution in [3.8, 4) is 0 Å². The molecule has 0 aliphatic rings. The Kier molecular flexibility index (Phi) is 5.19. The summed E-state index contributed by atoms with van der Waals surface area (Å²) in [5.41, 5.74) is 1.84. The van der Waals surface area contributed by atoms with Crippen molar-refractivity contribution < 1.29 is 4.79 Å². The van der Waals surface area contributed by atoms with Crippen molar-refractivity contribution in [2.24, 2.45) is 0 Å². The average molecular weight is 298 g/mol. The molecule has 1 aromatic rings. The molecular formula is C14H20BrNO. The molecule has 1 aromatic carbocycles. The number of carbonyl (C=O) groups is 1. The van der Waals surface area contributed by atoms with Gasteiger partial charge in [-0.25, -0.2) is 0 Å². The second-order valence-corrected chi connectivity index (χ2v) is 5.28. The summed E-state index contributed by atoms with van der Waals surface area (Å²) in [6.07, 6.45) is 2.12. The predicted octanol–water partition coefficient (Wildman–Crippen LogP) is 4.02. The minimum atomic E-state index is 0.0847. The lowest BCUT2D eigenvalue weighted by Gasteiger charge is -2.25. The van der Waals surface area contributed by atoms with Gasteiger partial charge in [0.1, 0.15) is 0 Å². The zero-order valence-electron chi connectivity index (χ0n) is 11.0. The summed E-state index contributed by atoms with van der Waals surface area (Å²) < 4.78 is 0.903. The van der Waals surface area contributed by atoms with E-state index >= 15 is 0 Å². The van der Waals surface area contributed by atoms with Crippen molar-refractivity contribution in [2.45, 2.75) is 39.7 Å². The van der Waals surface area contributed by atoms with Crippen LogP contribution in [-0.4, -0.2) is 23.9 Å². The average Bonchev–Trinajstić information content (AvgIpc) is 2.31. The van der Waals surface area contributed by atoms with Crippen LogP contribution in [0.3, 0.4) is 0 Å². The topological polar surface area (TPSA) is 20.3 Å². The first-order valence-corrected chi connectivity index (χ1v) is 6.80. The maximum absolute atomic E-state index is 12.3. The SMILES string of the molecule is CCCC(C)N(C)C(=O)c1cccc(C)c1Br. The van der Waals surface area contributed by atoms with E-state index in [1.807, 2.05) is 37.1 Å². The van der Waals surface area contributed by atoms with Gasteiger partial charge in [-0.1, -0.05) is 25.5 Å². The van der Waals surface area contributed by atoms with E-state index in [-0.39, 0.29) is 11.9 Å². The van der Waals surface area contributed by atoms with Crippen LogP contribution in [0, 0.1) is 6.92 Å². The number of hydrogen-bond donors (Lipinski definition) is 0. The Morgan fingerprint density at radius 2 is 2.12 bits per heavy atom. The standard InChI is InChI=1S/C14H20BrNO/c1-5-7-11(3)16(4)14(17)12-9-6-8-10(2)13(12)15/h6,8-9,11H,5,7H2,1-4H3. The summed E-state index contributed by atoms with van der Waals surface area (Å²) in [6.45, 7) is 6.22. The van der Waals surface area contributed by atoms with Gasteiger partial charge in [0.25, 0.3) is 5.91 Å². The lowest BCUT2D eigenvalue weighted by Crippen LogP contribution is -2.35. The largest absolute Gasteiger partial charge is 0.339 e. The Bertz CT molecular complexity index is 403. The molecule has 0 N–H and O–H groups in total. The Balaban J connectivity index is 2.93. The maximum Gasteiger partial charge on any atom is 0.254 e. The third kappa shape index (κ3) is 3.32. The van der Waals surface area contributed by atoms with E-state index in [2.05, 4.69) is 29.8 Å². The first kappa shape index (κ1) is 14.2. The third-order valence-electron chi connectivity index (χ3n) is 3.11. The molecule has 94 valence electrons. The highest BCUT2D eigenvalue weighted by molar-refractivity contribution is 9.10. The number of benzene rings is 1. The fraction of sp³-hybridized carbons (Fsp3) is 0.500. The number of amides is 1. The summed E-state index contributed by atoms with van der Waals surface area (Å²) >= 11 is 3.49. The zero-order chi connectivity index (χ0) is 13.0. The molecule has 0 radical (unpaired) electrons. The van der Waals surface area contributed by atoms with Crippen molar-refractivity contribution in [1.29, 1.82) is 0 Å². The Hall–Kier alpha value is -0.830. The molecule has 2 nitrogen and oxygen atoms in total. The van der Waals surface area contributed by atoms with Crippen LogP contribution >= 0.6 is 15.9 Å². The van der Waals surface area contributed by atoms with Gasteiger partial charge in [0.15, 0.2) is 0 Å². The first-order chi connectivity index (χ1) is 7.99.